The molecule has 6 nitrogen and oxygen atoms in total. The number of benzene rings is 3. The standard InChI is InChI=1S/C29H26N2O4S/c1-4-18-8-12-19(13-9-18)25-24(26(32)20-10-6-17(3)7-11-20)27(33)28(34)31(25)29-30-22-15-14-21(35-5-2)16-23(22)36-29/h6-16,25,32H,4-5H2,1-3H3/b26-24+. The first kappa shape index (κ1) is 23.8. The van der Waals surface area contributed by atoms with Crippen LogP contribution in [0, 0.1) is 6.92 Å². The summed E-state index contributed by atoms with van der Waals surface area (Å²) in [5, 5.41) is 11.7. The molecule has 1 saturated heterocycles. The van der Waals surface area contributed by atoms with E-state index in [1.807, 2.05) is 68.4 Å². The predicted molar refractivity (Wildman–Crippen MR) is 143 cm³/mol. The van der Waals surface area contributed by atoms with Crippen LogP contribution in [0.2, 0.25) is 0 Å². The summed E-state index contributed by atoms with van der Waals surface area (Å²) >= 11 is 1.32. The summed E-state index contributed by atoms with van der Waals surface area (Å²) in [5.74, 6) is -0.919. The molecule has 0 bridgehead atoms. The highest BCUT2D eigenvalue weighted by atomic mass is 32.1. The molecular weight excluding hydrogens is 472 g/mol. The molecule has 4 aromatic rings. The largest absolute Gasteiger partial charge is 0.507 e. The average molecular weight is 499 g/mol. The molecule has 0 aliphatic carbocycles. The number of thiazole rings is 1. The number of aryl methyl sites for hydroxylation is 2. The number of amides is 1. The molecule has 1 aliphatic rings. The second kappa shape index (κ2) is 9.59. The number of ether oxygens (including phenoxy) is 1. The van der Waals surface area contributed by atoms with E-state index in [0.717, 1.165) is 27.8 Å². The third kappa shape index (κ3) is 4.16. The SMILES string of the molecule is CCOc1ccc2nc(N3C(=O)C(=O)/C(=C(/O)c4ccc(C)cc4)C3c3ccc(CC)cc3)sc2c1. The molecule has 1 amide bonds. The number of rotatable bonds is 6. The lowest BCUT2D eigenvalue weighted by atomic mass is 9.94. The van der Waals surface area contributed by atoms with Gasteiger partial charge >= 0.3 is 5.91 Å². The molecular formula is C29H26N2O4S. The van der Waals surface area contributed by atoms with Crippen molar-refractivity contribution in [2.24, 2.45) is 0 Å². The van der Waals surface area contributed by atoms with Crippen LogP contribution in [0.4, 0.5) is 5.13 Å². The monoisotopic (exact) mass is 498 g/mol. The molecule has 0 spiro atoms. The number of aromatic nitrogens is 1. The highest BCUT2D eigenvalue weighted by molar-refractivity contribution is 7.22. The zero-order valence-corrected chi connectivity index (χ0v) is 21.1. The van der Waals surface area contributed by atoms with Crippen LogP contribution in [-0.4, -0.2) is 28.4 Å². The van der Waals surface area contributed by atoms with Gasteiger partial charge in [0.1, 0.15) is 11.5 Å². The lowest BCUT2D eigenvalue weighted by molar-refractivity contribution is -0.132. The molecule has 182 valence electrons. The molecule has 0 saturated carbocycles. The van der Waals surface area contributed by atoms with E-state index in [1.54, 1.807) is 12.1 Å². The smallest absolute Gasteiger partial charge is 0.301 e. The summed E-state index contributed by atoms with van der Waals surface area (Å²) in [5.41, 5.74) is 4.15. The van der Waals surface area contributed by atoms with Crippen LogP contribution >= 0.6 is 11.3 Å². The summed E-state index contributed by atoms with van der Waals surface area (Å²) < 4.78 is 6.45. The number of fused-ring (bicyclic) bond motifs is 1. The average Bonchev–Trinajstić information content (AvgIpc) is 3.42. The Balaban J connectivity index is 1.68. The van der Waals surface area contributed by atoms with E-state index in [2.05, 4.69) is 11.9 Å². The van der Waals surface area contributed by atoms with E-state index >= 15 is 0 Å². The van der Waals surface area contributed by atoms with E-state index < -0.39 is 17.7 Å². The molecule has 2 heterocycles. The quantitative estimate of drug-likeness (QED) is 0.195. The molecule has 36 heavy (non-hydrogen) atoms. The van der Waals surface area contributed by atoms with Gasteiger partial charge in [0.15, 0.2) is 5.13 Å². The van der Waals surface area contributed by atoms with Crippen LogP contribution in [0.25, 0.3) is 16.0 Å². The van der Waals surface area contributed by atoms with Crippen LogP contribution in [-0.2, 0) is 16.0 Å². The van der Waals surface area contributed by atoms with Crippen LogP contribution in [0.3, 0.4) is 0 Å². The second-order valence-electron chi connectivity index (χ2n) is 8.69. The lowest BCUT2D eigenvalue weighted by Crippen LogP contribution is -2.29. The topological polar surface area (TPSA) is 79.7 Å². The number of carbonyl (C=O) groups excluding carboxylic acids is 2. The van der Waals surface area contributed by atoms with Crippen molar-refractivity contribution in [2.45, 2.75) is 33.2 Å². The first-order chi connectivity index (χ1) is 17.4. The van der Waals surface area contributed by atoms with Crippen LogP contribution in [0.1, 0.15) is 42.1 Å². The van der Waals surface area contributed by atoms with Gasteiger partial charge in [-0.3, -0.25) is 14.5 Å². The van der Waals surface area contributed by atoms with Gasteiger partial charge in [0, 0.05) is 5.56 Å². The first-order valence-electron chi connectivity index (χ1n) is 11.9. The molecule has 3 aromatic carbocycles. The molecule has 1 N–H and O–H groups in total. The number of ketones is 1. The number of aliphatic hydroxyl groups is 1. The Morgan fingerprint density at radius 2 is 1.75 bits per heavy atom. The third-order valence-corrected chi connectivity index (χ3v) is 7.36. The number of carbonyl (C=O) groups is 2. The van der Waals surface area contributed by atoms with Gasteiger partial charge in [-0.2, -0.15) is 0 Å². The minimum Gasteiger partial charge on any atom is -0.507 e. The Labute approximate surface area is 213 Å². The summed E-state index contributed by atoms with van der Waals surface area (Å²) in [6, 6.07) is 19.8. The van der Waals surface area contributed by atoms with E-state index in [1.165, 1.54) is 16.2 Å². The molecule has 0 radical (unpaired) electrons. The van der Waals surface area contributed by atoms with E-state index in [4.69, 9.17) is 4.74 Å². The fourth-order valence-electron chi connectivity index (χ4n) is 4.40. The lowest BCUT2D eigenvalue weighted by Gasteiger charge is -2.23. The summed E-state index contributed by atoms with van der Waals surface area (Å²) in [4.78, 5) is 32.9. The van der Waals surface area contributed by atoms with Crippen LogP contribution in [0.15, 0.2) is 72.3 Å². The zero-order chi connectivity index (χ0) is 25.4. The predicted octanol–water partition coefficient (Wildman–Crippen LogP) is 6.19. The number of aliphatic hydroxyl groups excluding tert-OH is 1. The van der Waals surface area contributed by atoms with Gasteiger partial charge in [0.25, 0.3) is 5.78 Å². The number of anilines is 1. The number of nitrogens with zero attached hydrogens (tertiary/aromatic N) is 2. The molecule has 1 unspecified atom stereocenters. The van der Waals surface area contributed by atoms with Crippen molar-refractivity contribution in [1.29, 1.82) is 0 Å². The second-order valence-corrected chi connectivity index (χ2v) is 9.70. The fourth-order valence-corrected chi connectivity index (χ4v) is 5.42. The van der Waals surface area contributed by atoms with Gasteiger partial charge in [0.2, 0.25) is 0 Å². The van der Waals surface area contributed by atoms with E-state index in [9.17, 15) is 14.7 Å². The van der Waals surface area contributed by atoms with E-state index in [-0.39, 0.29) is 11.3 Å². The van der Waals surface area contributed by atoms with Crippen molar-refractivity contribution < 1.29 is 19.4 Å². The number of hydrogen-bond acceptors (Lipinski definition) is 6. The van der Waals surface area contributed by atoms with Crippen molar-refractivity contribution >= 4 is 44.1 Å². The highest BCUT2D eigenvalue weighted by Gasteiger charge is 2.48. The Bertz CT molecular complexity index is 1490. The summed E-state index contributed by atoms with van der Waals surface area (Å²) in [6.07, 6.45) is 0.865. The minimum atomic E-state index is -0.802. The Morgan fingerprint density at radius 3 is 2.42 bits per heavy atom. The third-order valence-electron chi connectivity index (χ3n) is 6.34. The van der Waals surface area contributed by atoms with E-state index in [0.29, 0.717) is 28.6 Å². The van der Waals surface area contributed by atoms with Gasteiger partial charge in [-0.05, 0) is 49.6 Å². The van der Waals surface area contributed by atoms with Crippen molar-refractivity contribution in [2.75, 3.05) is 11.5 Å². The van der Waals surface area contributed by atoms with Crippen molar-refractivity contribution in [3.05, 3.63) is 94.6 Å². The Hall–Kier alpha value is -3.97. The van der Waals surface area contributed by atoms with Gasteiger partial charge in [-0.25, -0.2) is 4.98 Å². The van der Waals surface area contributed by atoms with Gasteiger partial charge in [-0.15, -0.1) is 0 Å². The van der Waals surface area contributed by atoms with Crippen LogP contribution in [0.5, 0.6) is 5.75 Å². The van der Waals surface area contributed by atoms with Crippen LogP contribution < -0.4 is 9.64 Å². The maximum atomic E-state index is 13.4. The molecule has 1 fully saturated rings. The van der Waals surface area contributed by atoms with Gasteiger partial charge in [-0.1, -0.05) is 72.4 Å². The van der Waals surface area contributed by atoms with Gasteiger partial charge in [0.05, 0.1) is 28.4 Å². The first-order valence-corrected chi connectivity index (χ1v) is 12.7. The summed E-state index contributed by atoms with van der Waals surface area (Å²) in [6.45, 7) is 6.47. The Kier molecular flexibility index (Phi) is 6.33. The number of hydrogen-bond donors (Lipinski definition) is 1. The maximum Gasteiger partial charge on any atom is 0.301 e. The molecule has 1 aliphatic heterocycles. The Morgan fingerprint density at radius 1 is 1.03 bits per heavy atom. The fraction of sp³-hybridized carbons (Fsp3) is 0.207. The summed E-state index contributed by atoms with van der Waals surface area (Å²) in [7, 11) is 0. The molecule has 1 aromatic heterocycles. The number of Topliss-reactive ketones (excluding diaryl/α,β-unsaturated/α-hetero) is 1. The molecule has 1 atom stereocenters. The minimum absolute atomic E-state index is 0.0577. The van der Waals surface area contributed by atoms with Crippen molar-refractivity contribution in [1.82, 2.24) is 4.98 Å². The van der Waals surface area contributed by atoms with Crippen molar-refractivity contribution in [3.8, 4) is 5.75 Å². The highest BCUT2D eigenvalue weighted by Crippen LogP contribution is 2.44. The van der Waals surface area contributed by atoms with Crippen molar-refractivity contribution in [3.63, 3.8) is 0 Å². The normalized spacial score (nSPS) is 17.2. The zero-order valence-electron chi connectivity index (χ0n) is 20.3. The molecule has 5 rings (SSSR count). The maximum absolute atomic E-state index is 13.4. The molecule has 7 heteroatoms. The van der Waals surface area contributed by atoms with Gasteiger partial charge < -0.3 is 9.84 Å².